The van der Waals surface area contributed by atoms with Crippen molar-refractivity contribution in [2.45, 2.75) is 129 Å². The highest BCUT2D eigenvalue weighted by atomic mass is 31.2. The molecule has 0 fully saturated rings. The molecule has 1 heterocycles. The predicted molar refractivity (Wildman–Crippen MR) is 160 cm³/mol. The topological polar surface area (TPSA) is 84.0 Å². The first kappa shape index (κ1) is 39.2. The average molecular weight is 648 g/mol. The molecule has 0 aromatic carbocycles. The van der Waals surface area contributed by atoms with Crippen LogP contribution in [0.3, 0.4) is 0 Å². The minimum absolute atomic E-state index is 0.0144. The second-order valence-electron chi connectivity index (χ2n) is 11.9. The van der Waals surface area contributed by atoms with Crippen LogP contribution in [0.4, 0.5) is 17.6 Å². The highest BCUT2D eigenvalue weighted by Gasteiger charge is 2.53. The second kappa shape index (κ2) is 16.5. The van der Waals surface area contributed by atoms with Crippen molar-refractivity contribution in [2.75, 3.05) is 26.7 Å². The maximum absolute atomic E-state index is 14.6. The maximum atomic E-state index is 14.6. The number of alkyl halides is 4. The lowest BCUT2D eigenvalue weighted by atomic mass is 9.80. The van der Waals surface area contributed by atoms with Gasteiger partial charge in [0.15, 0.2) is 5.40 Å². The summed E-state index contributed by atoms with van der Waals surface area (Å²) in [6.45, 7) is 11.9. The summed E-state index contributed by atoms with van der Waals surface area (Å²) in [5.41, 5.74) is -3.21. The van der Waals surface area contributed by atoms with Crippen molar-refractivity contribution >= 4 is 15.2 Å². The SMILES string of the molecule is CCC(CF)(CF)c1cc(CC(P(=O)(OC(C)C)OC(C)C)P(=O)(OC(C)C)OC(C)C)cc(C(CC)(CF)CF)n1. The van der Waals surface area contributed by atoms with Crippen molar-refractivity contribution in [1.82, 2.24) is 4.98 Å². The molecule has 1 rings (SSSR count). The van der Waals surface area contributed by atoms with E-state index in [0.717, 1.165) is 0 Å². The standard InChI is InChI=1S/C29H51F4NO6P2/c1-11-28(16-30,17-31)25-13-24(14-26(34-25)29(12-2,18-32)19-33)15-27(41(35,37-20(3)4)38-21(5)6)42(36,39-22(7)8)40-23(9)10/h13-14,20-23,27H,11-12,15-19H2,1-10H3. The number of hydrogen-bond donors (Lipinski definition) is 0. The zero-order chi connectivity index (χ0) is 32.5. The summed E-state index contributed by atoms with van der Waals surface area (Å²) in [7, 11) is -8.65. The molecule has 1 aromatic rings. The van der Waals surface area contributed by atoms with Crippen molar-refractivity contribution in [3.8, 4) is 0 Å². The fraction of sp³-hybridized carbons (Fsp3) is 0.828. The molecule has 42 heavy (non-hydrogen) atoms. The lowest BCUT2D eigenvalue weighted by Crippen LogP contribution is -2.36. The Bertz CT molecular complexity index is 944. The van der Waals surface area contributed by atoms with E-state index < -0.39 is 82.5 Å². The molecule has 0 aliphatic heterocycles. The Balaban J connectivity index is 4.18. The molecule has 0 radical (unpaired) electrons. The molecule has 1 aromatic heterocycles. The van der Waals surface area contributed by atoms with E-state index in [9.17, 15) is 26.7 Å². The van der Waals surface area contributed by atoms with Crippen molar-refractivity contribution in [3.05, 3.63) is 29.1 Å². The Kier molecular flexibility index (Phi) is 15.4. The Hall–Kier alpha value is -0.830. The van der Waals surface area contributed by atoms with Crippen LogP contribution >= 0.6 is 15.2 Å². The van der Waals surface area contributed by atoms with Gasteiger partial charge in [0.25, 0.3) is 0 Å². The van der Waals surface area contributed by atoms with E-state index >= 15 is 0 Å². The Morgan fingerprint density at radius 1 is 0.643 bits per heavy atom. The average Bonchev–Trinajstić information content (AvgIpc) is 2.88. The normalized spacial score (nSPS) is 13.9. The van der Waals surface area contributed by atoms with E-state index in [1.54, 1.807) is 69.2 Å². The summed E-state index contributed by atoms with van der Waals surface area (Å²) >= 11 is 0. The monoisotopic (exact) mass is 647 g/mol. The van der Waals surface area contributed by atoms with Gasteiger partial charge in [0.05, 0.1) is 46.6 Å². The van der Waals surface area contributed by atoms with E-state index in [1.165, 1.54) is 12.1 Å². The molecule has 0 saturated carbocycles. The first-order valence-electron chi connectivity index (χ1n) is 14.6. The Morgan fingerprint density at radius 3 is 1.14 bits per heavy atom. The molecule has 13 heteroatoms. The van der Waals surface area contributed by atoms with Gasteiger partial charge in [0, 0.05) is 0 Å². The third-order valence-corrected chi connectivity index (χ3v) is 13.3. The minimum atomic E-state index is -4.32. The summed E-state index contributed by atoms with van der Waals surface area (Å²) < 4.78 is 110. The third-order valence-electron chi connectivity index (χ3n) is 6.93. The molecule has 0 aliphatic carbocycles. The molecule has 246 valence electrons. The smallest absolute Gasteiger partial charge is 0.305 e. The van der Waals surface area contributed by atoms with E-state index in [4.69, 9.17) is 18.1 Å². The molecule has 0 spiro atoms. The van der Waals surface area contributed by atoms with Crippen molar-refractivity contribution in [2.24, 2.45) is 0 Å². The van der Waals surface area contributed by atoms with Crippen LogP contribution in [-0.4, -0.2) is 61.5 Å². The van der Waals surface area contributed by atoms with Crippen LogP contribution in [0.1, 0.15) is 99.0 Å². The van der Waals surface area contributed by atoms with Crippen molar-refractivity contribution < 1.29 is 44.8 Å². The highest BCUT2D eigenvalue weighted by molar-refractivity contribution is 7.72. The molecule has 0 unspecified atom stereocenters. The summed E-state index contributed by atoms with van der Waals surface area (Å²) in [5.74, 6) is 0. The van der Waals surface area contributed by atoms with Crippen LogP contribution in [0, 0.1) is 0 Å². The molecule has 0 bridgehead atoms. The van der Waals surface area contributed by atoms with Crippen LogP contribution in [0.15, 0.2) is 12.1 Å². The fourth-order valence-corrected chi connectivity index (χ4v) is 10.4. The van der Waals surface area contributed by atoms with Crippen LogP contribution in [-0.2, 0) is 44.5 Å². The fourth-order valence-electron chi connectivity index (χ4n) is 4.45. The third kappa shape index (κ3) is 9.58. The van der Waals surface area contributed by atoms with Gasteiger partial charge in [0.1, 0.15) is 26.7 Å². The van der Waals surface area contributed by atoms with Crippen LogP contribution in [0.2, 0.25) is 0 Å². The molecule has 0 saturated heterocycles. The largest absolute Gasteiger partial charge is 0.346 e. The van der Waals surface area contributed by atoms with Gasteiger partial charge >= 0.3 is 15.2 Å². The maximum Gasteiger partial charge on any atom is 0.346 e. The Morgan fingerprint density at radius 2 is 0.929 bits per heavy atom. The molecule has 0 amide bonds. The van der Waals surface area contributed by atoms with E-state index in [0.29, 0.717) is 0 Å². The van der Waals surface area contributed by atoms with Gasteiger partial charge in [-0.15, -0.1) is 0 Å². The number of nitrogens with zero attached hydrogens (tertiary/aromatic N) is 1. The van der Waals surface area contributed by atoms with Crippen LogP contribution in [0.5, 0.6) is 0 Å². The number of pyridine rings is 1. The van der Waals surface area contributed by atoms with Gasteiger partial charge in [-0.2, -0.15) is 0 Å². The summed E-state index contributed by atoms with van der Waals surface area (Å²) in [5, 5.41) is -1.53. The number of hydrogen-bond acceptors (Lipinski definition) is 7. The minimum Gasteiger partial charge on any atom is -0.305 e. The number of aromatic nitrogens is 1. The lowest BCUT2D eigenvalue weighted by Gasteiger charge is -2.36. The number of rotatable bonds is 20. The van der Waals surface area contributed by atoms with Gasteiger partial charge in [-0.05, 0) is 92.3 Å². The quantitative estimate of drug-likeness (QED) is 0.103. The van der Waals surface area contributed by atoms with E-state index in [2.05, 4.69) is 4.98 Å². The first-order chi connectivity index (χ1) is 19.5. The van der Waals surface area contributed by atoms with Crippen molar-refractivity contribution in [1.29, 1.82) is 0 Å². The summed E-state index contributed by atoms with van der Waals surface area (Å²) in [4.78, 5) is 4.41. The molecule has 0 N–H and O–H groups in total. The van der Waals surface area contributed by atoms with Gasteiger partial charge in [-0.1, -0.05) is 13.8 Å². The zero-order valence-electron chi connectivity index (χ0n) is 26.8. The molecular formula is C29H51F4NO6P2. The van der Waals surface area contributed by atoms with E-state index in [1.807, 2.05) is 0 Å². The van der Waals surface area contributed by atoms with Gasteiger partial charge in [0.2, 0.25) is 0 Å². The second-order valence-corrected chi connectivity index (χ2v) is 16.6. The number of halogens is 4. The van der Waals surface area contributed by atoms with Crippen LogP contribution < -0.4 is 0 Å². The van der Waals surface area contributed by atoms with E-state index in [-0.39, 0.29) is 36.2 Å². The lowest BCUT2D eigenvalue weighted by molar-refractivity contribution is 0.122. The van der Waals surface area contributed by atoms with Crippen molar-refractivity contribution in [3.63, 3.8) is 0 Å². The molecular weight excluding hydrogens is 596 g/mol. The Labute approximate surface area is 249 Å². The van der Waals surface area contributed by atoms with Crippen LogP contribution in [0.25, 0.3) is 0 Å². The van der Waals surface area contributed by atoms with Gasteiger partial charge < -0.3 is 18.1 Å². The predicted octanol–water partition coefficient (Wildman–Crippen LogP) is 9.21. The highest BCUT2D eigenvalue weighted by Crippen LogP contribution is 2.72. The molecule has 0 aliphatic rings. The first-order valence-corrected chi connectivity index (χ1v) is 17.9. The van der Waals surface area contributed by atoms with Gasteiger partial charge in [-0.3, -0.25) is 14.1 Å². The molecule has 7 nitrogen and oxygen atoms in total. The van der Waals surface area contributed by atoms with Gasteiger partial charge in [-0.25, -0.2) is 17.6 Å². The summed E-state index contributed by atoms with van der Waals surface area (Å²) in [6, 6.07) is 2.81. The summed E-state index contributed by atoms with van der Waals surface area (Å²) in [6.07, 6.45) is -2.80. The molecule has 0 atom stereocenters. The zero-order valence-corrected chi connectivity index (χ0v) is 28.6.